The minimum atomic E-state index is -1.29. The molecule has 0 aliphatic heterocycles. The molecule has 0 saturated carbocycles. The average molecular weight is 269 g/mol. The van der Waals surface area contributed by atoms with E-state index in [2.05, 4.69) is 0 Å². The fourth-order valence-corrected chi connectivity index (χ4v) is 1.36. The van der Waals surface area contributed by atoms with Crippen molar-refractivity contribution in [3.63, 3.8) is 0 Å². The number of nitrogens with zero attached hydrogens (tertiary/aromatic N) is 1. The molecule has 6 nitrogen and oxygen atoms in total. The first kappa shape index (κ1) is 17.1. The summed E-state index contributed by atoms with van der Waals surface area (Å²) in [5.74, 6) is -2.58. The summed E-state index contributed by atoms with van der Waals surface area (Å²) in [6.07, 6.45) is 0.128. The standard InChI is InChI=1S/C10H10O5.C3H9N/c11-5-4-6-2-1-3-7(9(12)13)8(6)10(14)15;1-4(2)3/h1-3,11H,4-5H2,(H,12,13)(H,14,15);1-3H3. The van der Waals surface area contributed by atoms with Gasteiger partial charge in [-0.2, -0.15) is 0 Å². The summed E-state index contributed by atoms with van der Waals surface area (Å²) in [6.45, 7) is -0.219. The number of aliphatic hydroxyl groups excluding tert-OH is 1. The van der Waals surface area contributed by atoms with E-state index in [1.807, 2.05) is 26.0 Å². The Balaban J connectivity index is 0.000000711. The lowest BCUT2D eigenvalue weighted by Crippen LogP contribution is -2.12. The molecule has 0 aliphatic rings. The van der Waals surface area contributed by atoms with Crippen LogP contribution in [0.25, 0.3) is 0 Å². The third-order valence-corrected chi connectivity index (χ3v) is 1.98. The number of aliphatic hydroxyl groups is 1. The van der Waals surface area contributed by atoms with Gasteiger partial charge in [0.05, 0.1) is 11.1 Å². The van der Waals surface area contributed by atoms with E-state index in [-0.39, 0.29) is 24.2 Å². The number of carbonyl (C=O) groups is 2. The summed E-state index contributed by atoms with van der Waals surface area (Å²) in [6, 6.07) is 4.18. The molecule has 19 heavy (non-hydrogen) atoms. The molecule has 0 aliphatic carbocycles. The van der Waals surface area contributed by atoms with Gasteiger partial charge in [-0.15, -0.1) is 0 Å². The number of carboxylic acid groups (broad SMARTS) is 2. The second kappa shape index (κ2) is 8.23. The van der Waals surface area contributed by atoms with Gasteiger partial charge in [0.15, 0.2) is 0 Å². The quantitative estimate of drug-likeness (QED) is 0.747. The second-order valence-corrected chi connectivity index (χ2v) is 4.27. The Bertz CT molecular complexity index is 440. The molecule has 0 bridgehead atoms. The van der Waals surface area contributed by atoms with E-state index in [1.165, 1.54) is 18.2 Å². The number of aromatic carboxylic acids is 2. The van der Waals surface area contributed by atoms with Crippen molar-refractivity contribution in [1.29, 1.82) is 0 Å². The van der Waals surface area contributed by atoms with Crippen LogP contribution in [0.4, 0.5) is 0 Å². The lowest BCUT2D eigenvalue weighted by molar-refractivity contribution is 0.0650. The van der Waals surface area contributed by atoms with E-state index in [4.69, 9.17) is 15.3 Å². The zero-order valence-electron chi connectivity index (χ0n) is 11.3. The number of rotatable bonds is 4. The smallest absolute Gasteiger partial charge is 0.336 e. The molecule has 0 heterocycles. The van der Waals surface area contributed by atoms with Gasteiger partial charge in [0.25, 0.3) is 0 Å². The van der Waals surface area contributed by atoms with E-state index in [0.717, 1.165) is 0 Å². The summed E-state index contributed by atoms with van der Waals surface area (Å²) >= 11 is 0. The molecular formula is C13H19NO5. The summed E-state index contributed by atoms with van der Waals surface area (Å²) in [7, 11) is 6.00. The third-order valence-electron chi connectivity index (χ3n) is 1.98. The predicted octanol–water partition coefficient (Wildman–Crippen LogP) is 0.796. The van der Waals surface area contributed by atoms with Crippen molar-refractivity contribution < 1.29 is 24.9 Å². The fraction of sp³-hybridized carbons (Fsp3) is 0.385. The van der Waals surface area contributed by atoms with Gasteiger partial charge in [-0.3, -0.25) is 0 Å². The van der Waals surface area contributed by atoms with Crippen LogP contribution in [-0.4, -0.2) is 59.9 Å². The minimum absolute atomic E-state index is 0.128. The van der Waals surface area contributed by atoms with E-state index < -0.39 is 11.9 Å². The van der Waals surface area contributed by atoms with Gasteiger partial charge in [-0.05, 0) is 39.2 Å². The van der Waals surface area contributed by atoms with Crippen molar-refractivity contribution >= 4 is 11.9 Å². The minimum Gasteiger partial charge on any atom is -0.478 e. The SMILES string of the molecule is CN(C)C.O=C(O)c1cccc(CCO)c1C(=O)O. The lowest BCUT2D eigenvalue weighted by atomic mass is 9.99. The maximum Gasteiger partial charge on any atom is 0.336 e. The molecule has 6 heteroatoms. The van der Waals surface area contributed by atoms with Crippen molar-refractivity contribution in [2.45, 2.75) is 6.42 Å². The molecule has 0 fully saturated rings. The highest BCUT2D eigenvalue weighted by atomic mass is 16.4. The summed E-state index contributed by atoms with van der Waals surface area (Å²) in [5, 5.41) is 26.4. The third kappa shape index (κ3) is 5.98. The Morgan fingerprint density at radius 1 is 1.11 bits per heavy atom. The number of benzene rings is 1. The molecule has 0 amide bonds. The van der Waals surface area contributed by atoms with Crippen LogP contribution in [0.15, 0.2) is 18.2 Å². The summed E-state index contributed by atoms with van der Waals surface area (Å²) in [4.78, 5) is 23.6. The Hall–Kier alpha value is -1.92. The fourth-order valence-electron chi connectivity index (χ4n) is 1.36. The van der Waals surface area contributed by atoms with Crippen LogP contribution in [0.3, 0.4) is 0 Å². The molecule has 1 aromatic rings. The van der Waals surface area contributed by atoms with Gasteiger partial charge >= 0.3 is 11.9 Å². The molecule has 0 saturated heterocycles. The zero-order valence-corrected chi connectivity index (χ0v) is 11.3. The van der Waals surface area contributed by atoms with Crippen LogP contribution in [0.1, 0.15) is 26.3 Å². The molecule has 0 radical (unpaired) electrons. The lowest BCUT2D eigenvalue weighted by Gasteiger charge is -2.07. The van der Waals surface area contributed by atoms with Crippen LogP contribution >= 0.6 is 0 Å². The second-order valence-electron chi connectivity index (χ2n) is 4.27. The summed E-state index contributed by atoms with van der Waals surface area (Å²) < 4.78 is 0. The van der Waals surface area contributed by atoms with Crippen molar-refractivity contribution in [1.82, 2.24) is 4.90 Å². The van der Waals surface area contributed by atoms with Gasteiger partial charge in [-0.1, -0.05) is 12.1 Å². The Labute approximate surface area is 111 Å². The molecule has 1 rings (SSSR count). The molecule has 1 aromatic carbocycles. The van der Waals surface area contributed by atoms with Gasteiger partial charge in [0, 0.05) is 6.61 Å². The molecule has 3 N–H and O–H groups in total. The van der Waals surface area contributed by atoms with Crippen LogP contribution < -0.4 is 0 Å². The molecular weight excluding hydrogens is 250 g/mol. The van der Waals surface area contributed by atoms with Crippen molar-refractivity contribution in [2.75, 3.05) is 27.7 Å². The van der Waals surface area contributed by atoms with Crippen molar-refractivity contribution in [3.8, 4) is 0 Å². The Morgan fingerprint density at radius 3 is 2.00 bits per heavy atom. The predicted molar refractivity (Wildman–Crippen MR) is 70.8 cm³/mol. The van der Waals surface area contributed by atoms with Gasteiger partial charge < -0.3 is 20.2 Å². The topological polar surface area (TPSA) is 98.1 Å². The first-order valence-corrected chi connectivity index (χ1v) is 5.61. The Morgan fingerprint density at radius 2 is 1.63 bits per heavy atom. The number of carboxylic acids is 2. The molecule has 0 unspecified atom stereocenters. The van der Waals surface area contributed by atoms with Crippen LogP contribution in [0, 0.1) is 0 Å². The highest BCUT2D eigenvalue weighted by Crippen LogP contribution is 2.15. The molecule has 0 atom stereocenters. The van der Waals surface area contributed by atoms with E-state index in [0.29, 0.717) is 5.56 Å². The average Bonchev–Trinajstić information content (AvgIpc) is 2.27. The highest BCUT2D eigenvalue weighted by Gasteiger charge is 2.19. The van der Waals surface area contributed by atoms with Crippen molar-refractivity contribution in [3.05, 3.63) is 34.9 Å². The first-order chi connectivity index (χ1) is 8.81. The van der Waals surface area contributed by atoms with E-state index in [1.54, 1.807) is 0 Å². The summed E-state index contributed by atoms with van der Waals surface area (Å²) in [5.41, 5.74) is -0.183. The van der Waals surface area contributed by atoms with Crippen LogP contribution in [0.5, 0.6) is 0 Å². The maximum atomic E-state index is 10.9. The highest BCUT2D eigenvalue weighted by molar-refractivity contribution is 6.02. The van der Waals surface area contributed by atoms with Gasteiger partial charge in [-0.25, -0.2) is 9.59 Å². The van der Waals surface area contributed by atoms with Crippen molar-refractivity contribution in [2.24, 2.45) is 0 Å². The number of hydrogen-bond acceptors (Lipinski definition) is 4. The van der Waals surface area contributed by atoms with Crippen LogP contribution in [-0.2, 0) is 6.42 Å². The van der Waals surface area contributed by atoms with E-state index >= 15 is 0 Å². The van der Waals surface area contributed by atoms with E-state index in [9.17, 15) is 9.59 Å². The number of hydrogen-bond donors (Lipinski definition) is 3. The maximum absolute atomic E-state index is 10.9. The monoisotopic (exact) mass is 269 g/mol. The Kier molecular flexibility index (Phi) is 7.40. The van der Waals surface area contributed by atoms with Gasteiger partial charge in [0.2, 0.25) is 0 Å². The molecule has 0 aromatic heterocycles. The van der Waals surface area contributed by atoms with Crippen LogP contribution in [0.2, 0.25) is 0 Å². The molecule has 106 valence electrons. The zero-order chi connectivity index (χ0) is 15.0. The normalized spacial score (nSPS) is 9.74. The largest absolute Gasteiger partial charge is 0.478 e. The molecule has 0 spiro atoms. The van der Waals surface area contributed by atoms with Gasteiger partial charge in [0.1, 0.15) is 0 Å². The first-order valence-electron chi connectivity index (χ1n) is 5.61.